The van der Waals surface area contributed by atoms with Gasteiger partial charge in [0.05, 0.1) is 18.0 Å². The van der Waals surface area contributed by atoms with E-state index in [2.05, 4.69) is 10.4 Å². The minimum atomic E-state index is -4.68. The zero-order valence-electron chi connectivity index (χ0n) is 15.0. The molecule has 0 radical (unpaired) electrons. The first-order valence-electron chi connectivity index (χ1n) is 8.56. The molecule has 2 atom stereocenters. The van der Waals surface area contributed by atoms with Crippen LogP contribution >= 0.6 is 0 Å². The Morgan fingerprint density at radius 1 is 1.29 bits per heavy atom. The maximum atomic E-state index is 13.1. The number of carboxylic acid groups (broad SMARTS) is 1. The predicted octanol–water partition coefficient (Wildman–Crippen LogP) is 2.49. The highest BCUT2D eigenvalue weighted by Gasteiger charge is 2.53. The molecule has 1 fully saturated rings. The molecule has 0 saturated carbocycles. The van der Waals surface area contributed by atoms with Crippen LogP contribution in [-0.2, 0) is 18.4 Å². The molecule has 28 heavy (non-hydrogen) atoms. The Morgan fingerprint density at radius 3 is 2.57 bits per heavy atom. The molecule has 2 N–H and O–H groups in total. The smallest absolute Gasteiger partial charge is 0.394 e. The van der Waals surface area contributed by atoms with Crippen LogP contribution in [-0.4, -0.2) is 51.1 Å². The molecule has 2 aromatic rings. The number of alkyl halides is 3. The molecule has 2 heterocycles. The Bertz CT molecular complexity index is 881. The first-order chi connectivity index (χ1) is 13.2. The van der Waals surface area contributed by atoms with Gasteiger partial charge in [0.25, 0.3) is 0 Å². The Hall–Kier alpha value is -3.04. The minimum Gasteiger partial charge on any atom is -0.481 e. The third-order valence-corrected chi connectivity index (χ3v) is 4.81. The lowest BCUT2D eigenvalue weighted by Gasteiger charge is -2.19. The summed E-state index contributed by atoms with van der Waals surface area (Å²) in [7, 11) is 1.78. The molecule has 1 aromatic carbocycles. The van der Waals surface area contributed by atoms with Gasteiger partial charge in [-0.25, -0.2) is 4.79 Å². The van der Waals surface area contributed by atoms with Crippen molar-refractivity contribution in [1.29, 1.82) is 0 Å². The number of aromatic nitrogens is 2. The number of likely N-dealkylation sites (tertiary alicyclic amines) is 1. The number of nitrogens with one attached hydrogen (secondary N) is 1. The fraction of sp³-hybridized carbons (Fsp3) is 0.389. The molecule has 0 aliphatic carbocycles. The highest BCUT2D eigenvalue weighted by atomic mass is 19.4. The van der Waals surface area contributed by atoms with Gasteiger partial charge < -0.3 is 15.3 Å². The number of nitrogens with zero attached hydrogens (tertiary/aromatic N) is 3. The highest BCUT2D eigenvalue weighted by molar-refractivity contribution is 5.78. The fourth-order valence-corrected chi connectivity index (χ4v) is 3.35. The van der Waals surface area contributed by atoms with Crippen LogP contribution < -0.4 is 5.32 Å². The minimum absolute atomic E-state index is 0.0921. The fourth-order valence-electron chi connectivity index (χ4n) is 3.35. The third kappa shape index (κ3) is 4.10. The van der Waals surface area contributed by atoms with E-state index in [4.69, 9.17) is 5.11 Å². The molecule has 150 valence electrons. The summed E-state index contributed by atoms with van der Waals surface area (Å²) >= 11 is 0. The molecule has 1 aliphatic rings. The molecule has 0 bridgehead atoms. The van der Waals surface area contributed by atoms with Gasteiger partial charge >= 0.3 is 18.2 Å². The Kier molecular flexibility index (Phi) is 5.30. The normalized spacial score (nSPS) is 19.6. The average molecular weight is 396 g/mol. The number of aliphatic carboxylic acids is 1. The zero-order valence-corrected chi connectivity index (χ0v) is 15.0. The molecule has 1 saturated heterocycles. The predicted molar refractivity (Wildman–Crippen MR) is 93.1 cm³/mol. The summed E-state index contributed by atoms with van der Waals surface area (Å²) in [5, 5.41) is 15.7. The number of rotatable bonds is 4. The van der Waals surface area contributed by atoms with Crippen molar-refractivity contribution in [2.45, 2.75) is 12.7 Å². The molecule has 3 rings (SSSR count). The summed E-state index contributed by atoms with van der Waals surface area (Å²) in [5.74, 6) is -5.29. The Balaban J connectivity index is 1.69. The number of urea groups is 1. The van der Waals surface area contributed by atoms with Crippen molar-refractivity contribution in [2.24, 2.45) is 18.9 Å². The molecule has 0 unspecified atom stereocenters. The number of carbonyl (C=O) groups excluding carboxylic acids is 1. The van der Waals surface area contributed by atoms with Crippen LogP contribution in [0.1, 0.15) is 5.56 Å². The standard InChI is InChI=1S/C18H19F3N4O3/c1-24-8-12(7-23-24)13-5-3-2-4-11(13)6-22-17(28)25-9-14(16(26)27)15(10-25)18(19,20)21/h2-5,7-8,14-15H,6,9-10H2,1H3,(H,22,28)(H,26,27)/t14-,15-/m1/s1. The number of halogens is 3. The van der Waals surface area contributed by atoms with Crippen molar-refractivity contribution in [3.63, 3.8) is 0 Å². The van der Waals surface area contributed by atoms with Crippen LogP contribution in [0.5, 0.6) is 0 Å². The number of benzene rings is 1. The van der Waals surface area contributed by atoms with Crippen LogP contribution in [0.3, 0.4) is 0 Å². The van der Waals surface area contributed by atoms with Gasteiger partial charge in [0.2, 0.25) is 0 Å². The first-order valence-corrected chi connectivity index (χ1v) is 8.56. The van der Waals surface area contributed by atoms with Gasteiger partial charge in [-0.3, -0.25) is 9.48 Å². The second-order valence-corrected chi connectivity index (χ2v) is 6.72. The molecule has 10 heteroatoms. The van der Waals surface area contributed by atoms with Gasteiger partial charge in [-0.1, -0.05) is 24.3 Å². The Morgan fingerprint density at radius 2 is 2.00 bits per heavy atom. The van der Waals surface area contributed by atoms with E-state index in [1.165, 1.54) is 0 Å². The monoisotopic (exact) mass is 396 g/mol. The number of carbonyl (C=O) groups is 2. The van der Waals surface area contributed by atoms with Gasteiger partial charge in [-0.2, -0.15) is 18.3 Å². The lowest BCUT2D eigenvalue weighted by Crippen LogP contribution is -2.39. The van der Waals surface area contributed by atoms with Crippen LogP contribution in [0, 0.1) is 11.8 Å². The number of aryl methyl sites for hydroxylation is 1. The van der Waals surface area contributed by atoms with Crippen molar-refractivity contribution in [1.82, 2.24) is 20.0 Å². The SMILES string of the molecule is Cn1cc(-c2ccccc2CNC(=O)N2C[C@@H](C(F)(F)F)[C@H](C(=O)O)C2)cn1. The van der Waals surface area contributed by atoms with Crippen molar-refractivity contribution in [3.8, 4) is 11.1 Å². The maximum Gasteiger partial charge on any atom is 0.394 e. The van der Waals surface area contributed by atoms with Crippen LogP contribution in [0.25, 0.3) is 11.1 Å². The van der Waals surface area contributed by atoms with E-state index >= 15 is 0 Å². The molecule has 1 aromatic heterocycles. The zero-order chi connectivity index (χ0) is 20.5. The van der Waals surface area contributed by atoms with Gasteiger partial charge in [0.15, 0.2) is 0 Å². The second kappa shape index (κ2) is 7.53. The molecular weight excluding hydrogens is 377 g/mol. The molecule has 2 amide bonds. The lowest BCUT2D eigenvalue weighted by molar-refractivity contribution is -0.187. The van der Waals surface area contributed by atoms with E-state index in [9.17, 15) is 22.8 Å². The van der Waals surface area contributed by atoms with Crippen molar-refractivity contribution in [3.05, 3.63) is 42.2 Å². The summed E-state index contributed by atoms with van der Waals surface area (Å²) < 4.78 is 40.9. The lowest BCUT2D eigenvalue weighted by atomic mass is 9.96. The van der Waals surface area contributed by atoms with Gasteiger partial charge in [0.1, 0.15) is 0 Å². The van der Waals surface area contributed by atoms with E-state index in [-0.39, 0.29) is 6.54 Å². The maximum absolute atomic E-state index is 13.1. The third-order valence-electron chi connectivity index (χ3n) is 4.81. The van der Waals surface area contributed by atoms with E-state index in [1.54, 1.807) is 30.1 Å². The number of amides is 2. The molecule has 7 nitrogen and oxygen atoms in total. The van der Waals surface area contributed by atoms with E-state index in [0.29, 0.717) is 0 Å². The van der Waals surface area contributed by atoms with E-state index < -0.39 is 43.1 Å². The molecule has 0 spiro atoms. The first kappa shape index (κ1) is 19.7. The number of hydrogen-bond donors (Lipinski definition) is 2. The summed E-state index contributed by atoms with van der Waals surface area (Å²) in [5.41, 5.74) is 2.45. The Labute approximate surface area is 158 Å². The van der Waals surface area contributed by atoms with Crippen LogP contribution in [0.4, 0.5) is 18.0 Å². The summed E-state index contributed by atoms with van der Waals surface area (Å²) in [6, 6.07) is 6.55. The second-order valence-electron chi connectivity index (χ2n) is 6.72. The van der Waals surface area contributed by atoms with Crippen LogP contribution in [0.2, 0.25) is 0 Å². The van der Waals surface area contributed by atoms with Gasteiger partial charge in [0, 0.05) is 38.4 Å². The topological polar surface area (TPSA) is 87.5 Å². The summed E-state index contributed by atoms with van der Waals surface area (Å²) in [6.07, 6.45) is -1.19. The highest BCUT2D eigenvalue weighted by Crippen LogP contribution is 2.37. The number of hydrogen-bond acceptors (Lipinski definition) is 3. The quantitative estimate of drug-likeness (QED) is 0.831. The average Bonchev–Trinajstić information content (AvgIpc) is 3.26. The largest absolute Gasteiger partial charge is 0.481 e. The van der Waals surface area contributed by atoms with Crippen molar-refractivity contribution in [2.75, 3.05) is 13.1 Å². The van der Waals surface area contributed by atoms with Gasteiger partial charge in [-0.15, -0.1) is 0 Å². The summed E-state index contributed by atoms with van der Waals surface area (Å²) in [4.78, 5) is 24.4. The van der Waals surface area contributed by atoms with Gasteiger partial charge in [-0.05, 0) is 11.1 Å². The van der Waals surface area contributed by atoms with Crippen LogP contribution in [0.15, 0.2) is 36.7 Å². The summed E-state index contributed by atoms with van der Waals surface area (Å²) in [6.45, 7) is -1.05. The molecular formula is C18H19F3N4O3. The number of carboxylic acids is 1. The van der Waals surface area contributed by atoms with E-state index in [0.717, 1.165) is 21.6 Å². The molecule has 1 aliphatic heterocycles. The van der Waals surface area contributed by atoms with Crippen molar-refractivity contribution < 1.29 is 27.9 Å². The van der Waals surface area contributed by atoms with E-state index in [1.807, 2.05) is 18.3 Å². The van der Waals surface area contributed by atoms with Crippen molar-refractivity contribution >= 4 is 12.0 Å².